The third kappa shape index (κ3) is 7.35. The van der Waals surface area contributed by atoms with Gasteiger partial charge in [-0.25, -0.2) is 0 Å². The molecule has 0 aliphatic heterocycles. The number of carbonyl (C=O) groups excluding carboxylic acids is 1. The van der Waals surface area contributed by atoms with Crippen LogP contribution >= 0.6 is 0 Å². The summed E-state index contributed by atoms with van der Waals surface area (Å²) in [6, 6.07) is 20.1. The number of carbonyl (C=O) groups is 1. The molecule has 0 radical (unpaired) electrons. The van der Waals surface area contributed by atoms with Crippen molar-refractivity contribution in [2.75, 3.05) is 0 Å². The van der Waals surface area contributed by atoms with E-state index in [2.05, 4.69) is 31.8 Å². The van der Waals surface area contributed by atoms with Crippen molar-refractivity contribution in [3.8, 4) is 0 Å². The Morgan fingerprint density at radius 3 is 1.83 bits per heavy atom. The Bertz CT molecular complexity index is 687. The molecule has 0 aliphatic carbocycles. The normalized spacial score (nSPS) is 11.5. The Morgan fingerprint density at radius 1 is 0.833 bits per heavy atom. The topological polar surface area (TPSA) is 17.1 Å². The molecule has 0 atom stereocenters. The van der Waals surface area contributed by atoms with Crippen LogP contribution in [0.4, 0.5) is 0 Å². The van der Waals surface area contributed by atoms with Gasteiger partial charge in [-0.2, -0.15) is 0 Å². The van der Waals surface area contributed by atoms with Crippen LogP contribution in [0, 0.1) is 0 Å². The number of benzene rings is 2. The first kappa shape index (κ1) is 23.1. The van der Waals surface area contributed by atoms with Gasteiger partial charge in [0.15, 0.2) is 5.78 Å². The zero-order chi connectivity index (χ0) is 16.0. The van der Waals surface area contributed by atoms with Gasteiger partial charge in [0.05, 0.1) is 8.07 Å². The molecule has 0 N–H and O–H groups in total. The van der Waals surface area contributed by atoms with Crippen molar-refractivity contribution in [3.63, 3.8) is 0 Å². The predicted octanol–water partition coefficient (Wildman–Crippen LogP) is 5.22. The van der Waals surface area contributed by atoms with Gasteiger partial charge >= 0.3 is 0 Å². The molecule has 0 bridgehead atoms. The van der Waals surface area contributed by atoms with E-state index in [0.29, 0.717) is 0 Å². The minimum Gasteiger partial charge on any atom is -0.290 e. The fraction of sp³-hybridized carbons (Fsp3) is 0.150. The van der Waals surface area contributed by atoms with Crippen molar-refractivity contribution in [1.82, 2.24) is 0 Å². The summed E-state index contributed by atoms with van der Waals surface area (Å²) >= 11 is 0. The molecule has 0 saturated heterocycles. The van der Waals surface area contributed by atoms with Gasteiger partial charge in [-0.1, -0.05) is 86.4 Å². The van der Waals surface area contributed by atoms with Gasteiger partial charge in [-0.05, 0) is 28.5 Å². The fourth-order valence-electron chi connectivity index (χ4n) is 2.28. The predicted molar refractivity (Wildman–Crippen MR) is 98.2 cm³/mol. The van der Waals surface area contributed by atoms with E-state index in [0.717, 1.165) is 11.1 Å². The minimum atomic E-state index is -1.59. The monoisotopic (exact) mass is 518 g/mol. The average Bonchev–Trinajstić information content (AvgIpc) is 2.51. The van der Waals surface area contributed by atoms with Crippen LogP contribution in [0.3, 0.4) is 0 Å². The zero-order valence-electron chi connectivity index (χ0n) is 14.0. The van der Waals surface area contributed by atoms with Crippen molar-refractivity contribution < 1.29 is 45.6 Å². The maximum Gasteiger partial charge on any atom is 0.178 e. The molecule has 2 aromatic carbocycles. The largest absolute Gasteiger partial charge is 0.290 e. The molecule has 0 saturated carbocycles. The first-order valence-electron chi connectivity index (χ1n) is 7.51. The van der Waals surface area contributed by atoms with E-state index < -0.39 is 8.07 Å². The Balaban J connectivity index is 0.00000264. The molecule has 24 heavy (non-hydrogen) atoms. The van der Waals surface area contributed by atoms with Gasteiger partial charge in [0.25, 0.3) is 0 Å². The molecule has 0 spiro atoms. The van der Waals surface area contributed by atoms with Crippen molar-refractivity contribution in [3.05, 3.63) is 83.9 Å². The van der Waals surface area contributed by atoms with Crippen LogP contribution in [-0.2, 0) is 45.6 Å². The molecule has 0 fully saturated rings. The zero-order valence-corrected chi connectivity index (χ0v) is 18.2. The summed E-state index contributed by atoms with van der Waals surface area (Å²) in [4.78, 5) is 12.3. The van der Waals surface area contributed by atoms with E-state index in [4.69, 9.17) is 0 Å². The first-order chi connectivity index (χ1) is 10.5. The minimum absolute atomic E-state index is 0. The Morgan fingerprint density at radius 2 is 1.33 bits per heavy atom. The number of ketones is 1. The van der Waals surface area contributed by atoms with Gasteiger partial charge in [-0.3, -0.25) is 4.79 Å². The molecule has 2 aromatic rings. The van der Waals surface area contributed by atoms with E-state index >= 15 is 0 Å². The number of hydrogen-bond donors (Lipinski definition) is 0. The van der Waals surface area contributed by atoms with Gasteiger partial charge in [0, 0.05) is 40.8 Å². The van der Waals surface area contributed by atoms with Crippen LogP contribution in [0.25, 0.3) is 11.3 Å². The summed E-state index contributed by atoms with van der Waals surface area (Å²) in [6.45, 7) is 6.79. The maximum atomic E-state index is 12.3. The van der Waals surface area contributed by atoms with Gasteiger partial charge in [-0.15, -0.1) is 0 Å². The van der Waals surface area contributed by atoms with E-state index in [1.165, 1.54) is 5.20 Å². The molecule has 0 aromatic heterocycles. The van der Waals surface area contributed by atoms with Gasteiger partial charge in [0.2, 0.25) is 0 Å². The van der Waals surface area contributed by atoms with E-state index in [-0.39, 0.29) is 46.6 Å². The van der Waals surface area contributed by atoms with Crippen molar-refractivity contribution in [2.24, 2.45) is 0 Å². The number of allylic oxidation sites excluding steroid dienone is 2. The summed E-state index contributed by atoms with van der Waals surface area (Å²) in [5.74, 6) is 0.0464. The molecule has 0 aliphatic rings. The van der Waals surface area contributed by atoms with E-state index in [1.54, 1.807) is 12.2 Å². The second-order valence-electron chi connectivity index (χ2n) is 6.32. The molecule has 0 unspecified atom stereocenters. The van der Waals surface area contributed by atoms with Gasteiger partial charge in [0.1, 0.15) is 0 Å². The second-order valence-corrected chi connectivity index (χ2v) is 11.4. The van der Waals surface area contributed by atoms with Crippen LogP contribution in [0.1, 0.15) is 11.1 Å². The van der Waals surface area contributed by atoms with E-state index in [9.17, 15) is 4.79 Å². The summed E-state index contributed by atoms with van der Waals surface area (Å²) in [6.07, 6.45) is 5.32. The van der Waals surface area contributed by atoms with Crippen LogP contribution < -0.4 is 0 Å². The molecule has 1 nitrogen and oxygen atoms in total. The molecule has 132 valence electrons. The molecule has 0 amide bonds. The second kappa shape index (κ2) is 10.9. The van der Waals surface area contributed by atoms with Crippen molar-refractivity contribution >= 4 is 25.1 Å². The van der Waals surface area contributed by atoms with Crippen LogP contribution in [0.15, 0.2) is 72.8 Å². The van der Waals surface area contributed by atoms with Gasteiger partial charge < -0.3 is 0 Å². The summed E-state index contributed by atoms with van der Waals surface area (Å²) in [5.41, 5.74) is 2.20. The van der Waals surface area contributed by atoms with Crippen molar-refractivity contribution in [1.29, 1.82) is 0 Å². The first-order valence-corrected chi connectivity index (χ1v) is 11.0. The number of rotatable bonds is 5. The Hall–Kier alpha value is -0.868. The van der Waals surface area contributed by atoms with Crippen molar-refractivity contribution in [2.45, 2.75) is 19.6 Å². The van der Waals surface area contributed by atoms with Crippen LogP contribution in [0.2, 0.25) is 19.6 Å². The molecule has 0 heterocycles. The standard InChI is InChI=1S/C20H22OSi.2Pd/c1-22(2,3)20(18-12-8-5-9-13-18)16-19(21)15-14-17-10-6-4-7-11-17;;/h4-16H,1-3H3;;. The molecular formula is C20H22OPd2Si. The van der Waals surface area contributed by atoms with Crippen LogP contribution in [-0.4, -0.2) is 13.9 Å². The molecule has 2 rings (SSSR count). The summed E-state index contributed by atoms with van der Waals surface area (Å²) in [5, 5.41) is 1.19. The summed E-state index contributed by atoms with van der Waals surface area (Å²) < 4.78 is 0. The van der Waals surface area contributed by atoms with E-state index in [1.807, 2.05) is 54.6 Å². The SMILES string of the molecule is C[Si](C)(C)C(=CC(=O)C=Cc1ccccc1)c1ccccc1.[Pd].[Pd]. The average molecular weight is 519 g/mol. The molecular weight excluding hydrogens is 497 g/mol. The quantitative estimate of drug-likeness (QED) is 0.391. The Labute approximate surface area is 173 Å². The van der Waals surface area contributed by atoms with Crippen LogP contribution in [0.5, 0.6) is 0 Å². The smallest absolute Gasteiger partial charge is 0.178 e. The summed E-state index contributed by atoms with van der Waals surface area (Å²) in [7, 11) is -1.59. The maximum absolute atomic E-state index is 12.3. The fourth-order valence-corrected chi connectivity index (χ4v) is 3.89. The third-order valence-electron chi connectivity index (χ3n) is 3.42. The Kier molecular flexibility index (Phi) is 10.5. The molecule has 4 heteroatoms. The number of hydrogen-bond acceptors (Lipinski definition) is 1. The third-order valence-corrected chi connectivity index (χ3v) is 5.47.